The molecule has 3 amide bonds. The second-order valence-electron chi connectivity index (χ2n) is 7.73. The molecule has 0 saturated heterocycles. The number of nitrogens with one attached hydrogen (secondary N) is 3. The smallest absolute Gasteiger partial charge is 0.411 e. The topological polar surface area (TPSA) is 131 Å². The van der Waals surface area contributed by atoms with Gasteiger partial charge in [0, 0.05) is 23.8 Å². The fraction of sp³-hybridized carbons (Fsp3) is 0.261. The van der Waals surface area contributed by atoms with Crippen LogP contribution in [0.2, 0.25) is 0 Å². The van der Waals surface area contributed by atoms with E-state index in [1.165, 1.54) is 21.0 Å². The average molecular weight is 486 g/mol. The van der Waals surface area contributed by atoms with Gasteiger partial charge < -0.3 is 14.6 Å². The van der Waals surface area contributed by atoms with E-state index in [-0.39, 0.29) is 0 Å². The van der Waals surface area contributed by atoms with Gasteiger partial charge in [0.15, 0.2) is 0 Å². The minimum atomic E-state index is -3.80. The molecule has 0 saturated carbocycles. The van der Waals surface area contributed by atoms with Crippen molar-refractivity contribution in [2.45, 2.75) is 31.6 Å². The number of nitrogens with zero attached hydrogens (tertiary/aromatic N) is 2. The van der Waals surface area contributed by atoms with Gasteiger partial charge >= 0.3 is 12.1 Å². The van der Waals surface area contributed by atoms with E-state index in [2.05, 4.69) is 25.1 Å². The third-order valence-electron chi connectivity index (χ3n) is 5.00. The molecule has 3 N–H and O–H groups in total. The molecule has 0 aliphatic carbocycles. The molecule has 0 aliphatic rings. The van der Waals surface area contributed by atoms with Crippen LogP contribution in [0.15, 0.2) is 67.0 Å². The van der Waals surface area contributed by atoms with E-state index >= 15 is 0 Å². The molecule has 180 valence electrons. The lowest BCUT2D eigenvalue weighted by Crippen LogP contribution is -2.44. The fourth-order valence-electron chi connectivity index (χ4n) is 3.16. The van der Waals surface area contributed by atoms with E-state index in [1.54, 1.807) is 41.2 Å². The number of imidazole rings is 1. The van der Waals surface area contributed by atoms with E-state index < -0.39 is 33.4 Å². The molecule has 1 heterocycles. The normalized spacial score (nSPS) is 12.1. The van der Waals surface area contributed by atoms with Gasteiger partial charge in [0.1, 0.15) is 5.82 Å². The molecule has 0 radical (unpaired) electrons. The molecule has 34 heavy (non-hydrogen) atoms. The maximum Gasteiger partial charge on any atom is 0.411 e. The first kappa shape index (κ1) is 24.8. The Morgan fingerprint density at radius 1 is 1.06 bits per heavy atom. The van der Waals surface area contributed by atoms with Crippen molar-refractivity contribution in [3.63, 3.8) is 0 Å². The van der Waals surface area contributed by atoms with Gasteiger partial charge in [0.2, 0.25) is 10.0 Å². The Hall–Kier alpha value is -3.86. The highest BCUT2D eigenvalue weighted by Gasteiger charge is 2.24. The van der Waals surface area contributed by atoms with Crippen molar-refractivity contribution in [3.8, 4) is 5.69 Å². The summed E-state index contributed by atoms with van der Waals surface area (Å²) in [4.78, 5) is 28.4. The van der Waals surface area contributed by atoms with Crippen LogP contribution in [0.4, 0.5) is 15.3 Å². The van der Waals surface area contributed by atoms with E-state index in [1.807, 2.05) is 30.3 Å². The lowest BCUT2D eigenvalue weighted by atomic mass is 10.1. The largest absolute Gasteiger partial charge is 0.453 e. The van der Waals surface area contributed by atoms with Crippen LogP contribution in [-0.4, -0.2) is 42.5 Å². The van der Waals surface area contributed by atoms with Crippen molar-refractivity contribution in [2.24, 2.45) is 0 Å². The number of benzene rings is 2. The van der Waals surface area contributed by atoms with Gasteiger partial charge in [-0.25, -0.2) is 27.7 Å². The van der Waals surface area contributed by atoms with E-state index in [0.29, 0.717) is 17.9 Å². The first-order valence-electron chi connectivity index (χ1n) is 10.5. The van der Waals surface area contributed by atoms with Crippen LogP contribution < -0.4 is 15.4 Å². The number of aromatic nitrogens is 2. The Kier molecular flexibility index (Phi) is 7.90. The quantitative estimate of drug-likeness (QED) is 0.448. The zero-order valence-electron chi connectivity index (χ0n) is 19.1. The number of urea groups is 1. The molecular weight excluding hydrogens is 458 g/mol. The van der Waals surface area contributed by atoms with Gasteiger partial charge in [-0.15, -0.1) is 0 Å². The summed E-state index contributed by atoms with van der Waals surface area (Å²) in [6.45, 7) is 2.98. The molecule has 1 atom stereocenters. The molecule has 2 aromatic carbocycles. The third-order valence-corrected chi connectivity index (χ3v) is 6.71. The van der Waals surface area contributed by atoms with Crippen molar-refractivity contribution < 1.29 is 22.7 Å². The van der Waals surface area contributed by atoms with Crippen LogP contribution in [0, 0.1) is 0 Å². The van der Waals surface area contributed by atoms with Crippen molar-refractivity contribution >= 4 is 27.8 Å². The third kappa shape index (κ3) is 6.35. The molecule has 0 fully saturated rings. The number of rotatable bonds is 8. The van der Waals surface area contributed by atoms with Gasteiger partial charge in [0.05, 0.1) is 18.4 Å². The van der Waals surface area contributed by atoms with Gasteiger partial charge in [0.25, 0.3) is 0 Å². The van der Waals surface area contributed by atoms with Crippen molar-refractivity contribution in [1.82, 2.24) is 19.6 Å². The van der Waals surface area contributed by atoms with Gasteiger partial charge in [-0.2, -0.15) is 0 Å². The Morgan fingerprint density at radius 2 is 1.74 bits per heavy atom. The monoisotopic (exact) mass is 485 g/mol. The maximum absolute atomic E-state index is 12.6. The highest BCUT2D eigenvalue weighted by atomic mass is 32.2. The summed E-state index contributed by atoms with van der Waals surface area (Å²) in [7, 11) is -2.52. The Bertz CT molecular complexity index is 1220. The molecule has 0 spiro atoms. The molecule has 3 aromatic rings. The summed E-state index contributed by atoms with van der Waals surface area (Å²) in [6.07, 6.45) is 3.14. The second-order valence-corrected chi connectivity index (χ2v) is 9.97. The number of amides is 3. The van der Waals surface area contributed by atoms with Crippen LogP contribution in [-0.2, 0) is 21.2 Å². The molecule has 1 unspecified atom stereocenters. The number of anilines is 1. The van der Waals surface area contributed by atoms with E-state index in [9.17, 15) is 18.0 Å². The first-order valence-corrected chi connectivity index (χ1v) is 12.1. The molecule has 0 bridgehead atoms. The fourth-order valence-corrected chi connectivity index (χ4v) is 3.71. The molecule has 10 nitrogen and oxygen atoms in total. The number of sulfonamides is 1. The van der Waals surface area contributed by atoms with Gasteiger partial charge in [-0.3, -0.25) is 5.32 Å². The lowest BCUT2D eigenvalue weighted by Gasteiger charge is -2.21. The van der Waals surface area contributed by atoms with Gasteiger partial charge in [-0.1, -0.05) is 30.3 Å². The minimum absolute atomic E-state index is 0.384. The van der Waals surface area contributed by atoms with Crippen molar-refractivity contribution in [3.05, 3.63) is 78.4 Å². The number of methoxy groups -OCH3 is 1. The SMILES string of the molecule is COC(=O)Nc1ccc(-n2ccnc2C(Cc2ccccc2)NC(=O)NS(=O)(=O)C(C)C)cc1. The highest BCUT2D eigenvalue weighted by molar-refractivity contribution is 7.90. The minimum Gasteiger partial charge on any atom is -0.453 e. The highest BCUT2D eigenvalue weighted by Crippen LogP contribution is 2.22. The molecule has 0 aliphatic heterocycles. The number of carbonyl (C=O) groups excluding carboxylic acids is 2. The number of hydrogen-bond donors (Lipinski definition) is 3. The molecule has 11 heteroatoms. The number of hydrogen-bond acceptors (Lipinski definition) is 6. The van der Waals surface area contributed by atoms with Crippen LogP contribution in [0.25, 0.3) is 5.69 Å². The standard InChI is InChI=1S/C23H27N5O5S/c1-16(2)34(31,32)27-22(29)26-20(15-17-7-5-4-6-8-17)21-24-13-14-28(21)19-11-9-18(10-12-19)25-23(30)33-3/h4-14,16,20H,15H2,1-3H3,(H,25,30)(H2,26,27,29). The zero-order chi connectivity index (χ0) is 24.7. The summed E-state index contributed by atoms with van der Waals surface area (Å²) < 4.78 is 32.7. The van der Waals surface area contributed by atoms with Crippen LogP contribution >= 0.6 is 0 Å². The maximum atomic E-state index is 12.6. The van der Waals surface area contributed by atoms with Gasteiger partial charge in [-0.05, 0) is 50.1 Å². The number of ether oxygens (including phenoxy) is 1. The average Bonchev–Trinajstić information content (AvgIpc) is 3.29. The Balaban J connectivity index is 1.89. The summed E-state index contributed by atoms with van der Waals surface area (Å²) in [6, 6.07) is 15.0. The summed E-state index contributed by atoms with van der Waals surface area (Å²) in [5, 5.41) is 4.57. The predicted molar refractivity (Wildman–Crippen MR) is 128 cm³/mol. The Labute approximate surface area is 198 Å². The number of carbonyl (C=O) groups is 2. The van der Waals surface area contributed by atoms with E-state index in [4.69, 9.17) is 0 Å². The van der Waals surface area contributed by atoms with Crippen LogP contribution in [0.3, 0.4) is 0 Å². The Morgan fingerprint density at radius 3 is 2.35 bits per heavy atom. The van der Waals surface area contributed by atoms with Crippen molar-refractivity contribution in [1.29, 1.82) is 0 Å². The molecule has 1 aromatic heterocycles. The lowest BCUT2D eigenvalue weighted by molar-refractivity contribution is 0.187. The molecular formula is C23H27N5O5S. The predicted octanol–water partition coefficient (Wildman–Crippen LogP) is 3.37. The molecule has 3 rings (SSSR count). The second kappa shape index (κ2) is 10.8. The van der Waals surface area contributed by atoms with E-state index in [0.717, 1.165) is 11.3 Å². The van der Waals surface area contributed by atoms with Crippen LogP contribution in [0.1, 0.15) is 31.3 Å². The first-order chi connectivity index (χ1) is 16.2. The van der Waals surface area contributed by atoms with Crippen molar-refractivity contribution in [2.75, 3.05) is 12.4 Å². The zero-order valence-corrected chi connectivity index (χ0v) is 19.9. The summed E-state index contributed by atoms with van der Waals surface area (Å²) in [5.41, 5.74) is 2.22. The van der Waals surface area contributed by atoms with Crippen LogP contribution in [0.5, 0.6) is 0 Å². The summed E-state index contributed by atoms with van der Waals surface area (Å²) in [5.74, 6) is 0.509. The summed E-state index contributed by atoms with van der Waals surface area (Å²) >= 11 is 0.